The average molecular weight is 244 g/mol. The Bertz CT molecular complexity index is 343. The van der Waals surface area contributed by atoms with E-state index in [0.717, 1.165) is 25.2 Å². The number of ketones is 1. The van der Waals surface area contributed by atoms with E-state index in [1.807, 2.05) is 0 Å². The Labute approximate surface area is 101 Å². The van der Waals surface area contributed by atoms with E-state index >= 15 is 0 Å². The molecule has 16 heavy (non-hydrogen) atoms. The Balaban J connectivity index is 0.00000128. The Morgan fingerprint density at radius 1 is 1.12 bits per heavy atom. The van der Waals surface area contributed by atoms with Crippen molar-refractivity contribution in [1.82, 2.24) is 4.90 Å². The topological polar surface area (TPSA) is 20.3 Å². The van der Waals surface area contributed by atoms with Crippen molar-refractivity contribution in [3.8, 4) is 0 Å². The molecule has 2 nitrogen and oxygen atoms in total. The fraction of sp³-hybridized carbons (Fsp3) is 0.417. The van der Waals surface area contributed by atoms with Gasteiger partial charge in [-0.05, 0) is 17.7 Å². The molecular weight excluding hydrogens is 229 g/mol. The number of benzene rings is 1. The van der Waals surface area contributed by atoms with E-state index < -0.39 is 0 Å². The van der Waals surface area contributed by atoms with Gasteiger partial charge in [-0.3, -0.25) is 9.69 Å². The molecule has 1 aliphatic heterocycles. The number of rotatable bonds is 2. The fourth-order valence-electron chi connectivity index (χ4n) is 1.81. The van der Waals surface area contributed by atoms with E-state index in [-0.39, 0.29) is 18.2 Å². The van der Waals surface area contributed by atoms with Gasteiger partial charge in [0, 0.05) is 32.5 Å². The van der Waals surface area contributed by atoms with Crippen molar-refractivity contribution in [3.63, 3.8) is 0 Å². The summed E-state index contributed by atoms with van der Waals surface area (Å²) in [5.41, 5.74) is 1.10. The fourth-order valence-corrected chi connectivity index (χ4v) is 1.81. The maximum atomic E-state index is 12.7. The van der Waals surface area contributed by atoms with E-state index in [0.29, 0.717) is 18.6 Å². The second-order valence-electron chi connectivity index (χ2n) is 3.94. The van der Waals surface area contributed by atoms with Crippen LogP contribution in [0.25, 0.3) is 0 Å². The van der Waals surface area contributed by atoms with Gasteiger partial charge in [-0.1, -0.05) is 12.1 Å². The number of Topliss-reactive ketones (excluding diaryl/α,β-unsaturated/α-hetero) is 1. The molecule has 0 N–H and O–H groups in total. The molecule has 4 heteroatoms. The number of likely N-dealkylation sites (tertiary alicyclic amines) is 1. The molecule has 0 amide bonds. The van der Waals surface area contributed by atoms with Crippen LogP contribution in [0.2, 0.25) is 0 Å². The summed E-state index contributed by atoms with van der Waals surface area (Å²) >= 11 is 0. The summed E-state index contributed by atoms with van der Waals surface area (Å²) in [6, 6.07) is 6.55. The zero-order valence-electron chi connectivity index (χ0n) is 8.99. The number of piperidine rings is 1. The molecule has 1 saturated heterocycles. The summed E-state index contributed by atoms with van der Waals surface area (Å²) in [5, 5.41) is 0. The SMILES string of the molecule is Cl.O=C1CCN(Cc2ccc(F)cc2)CC1. The molecular formula is C12H15ClFNO. The van der Waals surface area contributed by atoms with Crippen LogP contribution >= 0.6 is 12.4 Å². The first-order valence-corrected chi connectivity index (χ1v) is 5.22. The summed E-state index contributed by atoms with van der Waals surface area (Å²) in [5.74, 6) is 0.151. The van der Waals surface area contributed by atoms with Gasteiger partial charge in [0.2, 0.25) is 0 Å². The normalized spacial score (nSPS) is 16.9. The van der Waals surface area contributed by atoms with E-state index in [2.05, 4.69) is 4.90 Å². The third-order valence-electron chi connectivity index (χ3n) is 2.73. The minimum atomic E-state index is -0.201. The van der Waals surface area contributed by atoms with E-state index in [1.165, 1.54) is 12.1 Å². The molecule has 0 spiro atoms. The summed E-state index contributed by atoms with van der Waals surface area (Å²) in [4.78, 5) is 13.3. The lowest BCUT2D eigenvalue weighted by atomic mass is 10.1. The average Bonchev–Trinajstić information content (AvgIpc) is 2.25. The van der Waals surface area contributed by atoms with Crippen LogP contribution in [0.4, 0.5) is 4.39 Å². The van der Waals surface area contributed by atoms with Crippen molar-refractivity contribution < 1.29 is 9.18 Å². The van der Waals surface area contributed by atoms with Crippen LogP contribution in [0.1, 0.15) is 18.4 Å². The van der Waals surface area contributed by atoms with Gasteiger partial charge in [0.25, 0.3) is 0 Å². The van der Waals surface area contributed by atoms with Gasteiger partial charge in [0.1, 0.15) is 11.6 Å². The number of hydrogen-bond acceptors (Lipinski definition) is 2. The highest BCUT2D eigenvalue weighted by Gasteiger charge is 2.15. The van der Waals surface area contributed by atoms with Crippen LogP contribution in [0, 0.1) is 5.82 Å². The Morgan fingerprint density at radius 3 is 2.25 bits per heavy atom. The second-order valence-corrected chi connectivity index (χ2v) is 3.94. The summed E-state index contributed by atoms with van der Waals surface area (Å²) in [7, 11) is 0. The molecule has 88 valence electrons. The number of nitrogens with zero attached hydrogens (tertiary/aromatic N) is 1. The van der Waals surface area contributed by atoms with Crippen LogP contribution in [0.5, 0.6) is 0 Å². The van der Waals surface area contributed by atoms with E-state index in [9.17, 15) is 9.18 Å². The highest BCUT2D eigenvalue weighted by molar-refractivity contribution is 5.85. The minimum absolute atomic E-state index is 0. The van der Waals surface area contributed by atoms with Gasteiger partial charge < -0.3 is 0 Å². The molecule has 2 rings (SSSR count). The first kappa shape index (κ1) is 13.1. The maximum absolute atomic E-state index is 12.7. The predicted molar refractivity (Wildman–Crippen MR) is 63.2 cm³/mol. The van der Waals surface area contributed by atoms with Gasteiger partial charge in [0.05, 0.1) is 0 Å². The molecule has 0 atom stereocenters. The minimum Gasteiger partial charge on any atom is -0.300 e. The quantitative estimate of drug-likeness (QED) is 0.795. The molecule has 1 aromatic carbocycles. The van der Waals surface area contributed by atoms with Gasteiger partial charge in [-0.2, -0.15) is 0 Å². The van der Waals surface area contributed by atoms with Crippen LogP contribution in [0.15, 0.2) is 24.3 Å². The molecule has 1 aromatic rings. The molecule has 0 unspecified atom stereocenters. The zero-order chi connectivity index (χ0) is 10.7. The molecule has 0 saturated carbocycles. The Morgan fingerprint density at radius 2 is 1.69 bits per heavy atom. The van der Waals surface area contributed by atoms with Crippen molar-refractivity contribution in [2.45, 2.75) is 19.4 Å². The van der Waals surface area contributed by atoms with Crippen LogP contribution in [-0.2, 0) is 11.3 Å². The van der Waals surface area contributed by atoms with Gasteiger partial charge in [-0.25, -0.2) is 4.39 Å². The standard InChI is InChI=1S/C12H14FNO.ClH/c13-11-3-1-10(2-4-11)9-14-7-5-12(15)6-8-14;/h1-4H,5-9H2;1H. The van der Waals surface area contributed by atoms with Crippen molar-refractivity contribution in [2.75, 3.05) is 13.1 Å². The summed E-state index contributed by atoms with van der Waals surface area (Å²) < 4.78 is 12.7. The first-order valence-electron chi connectivity index (χ1n) is 5.22. The van der Waals surface area contributed by atoms with Crippen LogP contribution < -0.4 is 0 Å². The molecule has 0 bridgehead atoms. The second kappa shape index (κ2) is 5.97. The smallest absolute Gasteiger partial charge is 0.135 e. The van der Waals surface area contributed by atoms with Crippen molar-refractivity contribution >= 4 is 18.2 Å². The van der Waals surface area contributed by atoms with Gasteiger partial charge in [-0.15, -0.1) is 12.4 Å². The van der Waals surface area contributed by atoms with Crippen molar-refractivity contribution in [3.05, 3.63) is 35.6 Å². The van der Waals surface area contributed by atoms with Crippen molar-refractivity contribution in [1.29, 1.82) is 0 Å². The number of carbonyl (C=O) groups excluding carboxylic acids is 1. The number of carbonyl (C=O) groups is 1. The van der Waals surface area contributed by atoms with E-state index in [1.54, 1.807) is 12.1 Å². The first-order chi connectivity index (χ1) is 7.24. The van der Waals surface area contributed by atoms with Crippen LogP contribution in [0.3, 0.4) is 0 Å². The third-order valence-corrected chi connectivity index (χ3v) is 2.73. The Hall–Kier alpha value is -0.930. The lowest BCUT2D eigenvalue weighted by Gasteiger charge is -2.25. The number of hydrogen-bond donors (Lipinski definition) is 0. The van der Waals surface area contributed by atoms with Crippen LogP contribution in [-0.4, -0.2) is 23.8 Å². The lowest BCUT2D eigenvalue weighted by molar-refractivity contribution is -0.121. The third kappa shape index (κ3) is 3.58. The molecule has 0 radical (unpaired) electrons. The summed E-state index contributed by atoms with van der Waals surface area (Å²) in [6.45, 7) is 2.47. The highest BCUT2D eigenvalue weighted by Crippen LogP contribution is 2.11. The monoisotopic (exact) mass is 243 g/mol. The molecule has 0 aromatic heterocycles. The van der Waals surface area contributed by atoms with Crippen molar-refractivity contribution in [2.24, 2.45) is 0 Å². The predicted octanol–water partition coefficient (Wildman–Crippen LogP) is 2.41. The molecule has 1 fully saturated rings. The highest BCUT2D eigenvalue weighted by atomic mass is 35.5. The maximum Gasteiger partial charge on any atom is 0.135 e. The lowest BCUT2D eigenvalue weighted by Crippen LogP contribution is -2.33. The zero-order valence-corrected chi connectivity index (χ0v) is 9.80. The molecule has 1 heterocycles. The largest absolute Gasteiger partial charge is 0.300 e. The van der Waals surface area contributed by atoms with E-state index in [4.69, 9.17) is 0 Å². The molecule has 0 aliphatic carbocycles. The van der Waals surface area contributed by atoms with Gasteiger partial charge in [0.15, 0.2) is 0 Å². The molecule has 1 aliphatic rings. The Kier molecular flexibility index (Phi) is 4.90. The summed E-state index contributed by atoms with van der Waals surface area (Å²) in [6.07, 6.45) is 1.31. The number of halogens is 2. The van der Waals surface area contributed by atoms with Gasteiger partial charge >= 0.3 is 0 Å².